The Morgan fingerprint density at radius 3 is 2.88 bits per heavy atom. The first-order valence-corrected chi connectivity index (χ1v) is 6.59. The monoisotopic (exact) mass is 245 g/mol. The molecule has 0 amide bonds. The molecule has 0 aromatic heterocycles. The topological polar surface area (TPSA) is 39.7 Å². The van der Waals surface area contributed by atoms with E-state index in [2.05, 4.69) is 12.2 Å². The summed E-state index contributed by atoms with van der Waals surface area (Å²) in [6, 6.07) is 0. The molecule has 3 atom stereocenters. The Balaban J connectivity index is 2.31. The highest BCUT2D eigenvalue weighted by molar-refractivity contribution is 4.80. The number of hydrogen-bond donors (Lipinski definition) is 1. The van der Waals surface area contributed by atoms with Crippen LogP contribution in [-0.2, 0) is 14.2 Å². The van der Waals surface area contributed by atoms with Crippen LogP contribution in [0, 0.1) is 11.8 Å². The van der Waals surface area contributed by atoms with Gasteiger partial charge < -0.3 is 19.5 Å². The Bertz CT molecular complexity index is 190. The predicted molar refractivity (Wildman–Crippen MR) is 68.2 cm³/mol. The van der Waals surface area contributed by atoms with Crippen LogP contribution in [-0.4, -0.2) is 53.2 Å². The zero-order valence-electron chi connectivity index (χ0n) is 11.4. The lowest BCUT2D eigenvalue weighted by atomic mass is 9.87. The van der Waals surface area contributed by atoms with Gasteiger partial charge in [0.1, 0.15) is 0 Å². The maximum atomic E-state index is 5.91. The maximum absolute atomic E-state index is 5.91. The molecule has 1 aliphatic heterocycles. The van der Waals surface area contributed by atoms with Gasteiger partial charge in [0, 0.05) is 39.8 Å². The van der Waals surface area contributed by atoms with E-state index in [0.717, 1.165) is 32.9 Å². The van der Waals surface area contributed by atoms with Gasteiger partial charge in [-0.15, -0.1) is 0 Å². The van der Waals surface area contributed by atoms with Crippen molar-refractivity contribution >= 4 is 0 Å². The molecule has 0 bridgehead atoms. The predicted octanol–water partition coefficient (Wildman–Crippen LogP) is 1.30. The number of nitrogens with one attached hydrogen (secondary N) is 1. The summed E-state index contributed by atoms with van der Waals surface area (Å²) in [6.07, 6.45) is 2.75. The fourth-order valence-electron chi connectivity index (χ4n) is 2.53. The third-order valence-corrected chi connectivity index (χ3v) is 3.37. The van der Waals surface area contributed by atoms with Crippen molar-refractivity contribution in [2.24, 2.45) is 11.8 Å². The Morgan fingerprint density at radius 1 is 1.35 bits per heavy atom. The Labute approximate surface area is 105 Å². The Kier molecular flexibility index (Phi) is 7.77. The fraction of sp³-hybridized carbons (Fsp3) is 1.00. The van der Waals surface area contributed by atoms with Gasteiger partial charge in [-0.2, -0.15) is 0 Å². The molecule has 0 aromatic carbocycles. The van der Waals surface area contributed by atoms with Crippen molar-refractivity contribution in [2.45, 2.75) is 25.9 Å². The van der Waals surface area contributed by atoms with Crippen LogP contribution in [0.3, 0.4) is 0 Å². The molecular formula is C13H27NO3. The van der Waals surface area contributed by atoms with Gasteiger partial charge in [0.2, 0.25) is 0 Å². The third kappa shape index (κ3) is 5.34. The molecule has 1 N–H and O–H groups in total. The van der Waals surface area contributed by atoms with Gasteiger partial charge in [0.15, 0.2) is 0 Å². The molecule has 0 spiro atoms. The molecular weight excluding hydrogens is 218 g/mol. The molecule has 17 heavy (non-hydrogen) atoms. The van der Waals surface area contributed by atoms with E-state index in [4.69, 9.17) is 14.2 Å². The summed E-state index contributed by atoms with van der Waals surface area (Å²) in [6.45, 7) is 6.58. The smallest absolute Gasteiger partial charge is 0.0662 e. The average molecular weight is 245 g/mol. The number of methoxy groups -OCH3 is 2. The van der Waals surface area contributed by atoms with Crippen LogP contribution >= 0.6 is 0 Å². The largest absolute Gasteiger partial charge is 0.384 e. The molecule has 0 saturated carbocycles. The van der Waals surface area contributed by atoms with Gasteiger partial charge in [0.05, 0.1) is 19.3 Å². The minimum absolute atomic E-state index is 0.332. The minimum Gasteiger partial charge on any atom is -0.384 e. The zero-order valence-corrected chi connectivity index (χ0v) is 11.4. The Morgan fingerprint density at radius 2 is 2.18 bits per heavy atom. The van der Waals surface area contributed by atoms with Crippen LogP contribution in [0.2, 0.25) is 0 Å². The van der Waals surface area contributed by atoms with Crippen LogP contribution in [0.1, 0.15) is 19.8 Å². The summed E-state index contributed by atoms with van der Waals surface area (Å²) in [5, 5.41) is 3.44. The molecule has 4 heteroatoms. The molecule has 3 unspecified atom stereocenters. The van der Waals surface area contributed by atoms with E-state index >= 15 is 0 Å². The lowest BCUT2D eigenvalue weighted by Crippen LogP contribution is -2.42. The van der Waals surface area contributed by atoms with Crippen molar-refractivity contribution in [1.82, 2.24) is 5.32 Å². The standard InChI is InChI=1S/C13H27NO3/c1-11(10-16-3)13-12(5-4-7-17-13)9-14-6-8-15-2/h11-14H,4-10H2,1-3H3. The minimum atomic E-state index is 0.332. The van der Waals surface area contributed by atoms with Gasteiger partial charge in [-0.05, 0) is 18.8 Å². The van der Waals surface area contributed by atoms with Gasteiger partial charge in [-0.25, -0.2) is 0 Å². The van der Waals surface area contributed by atoms with Crippen LogP contribution in [0.15, 0.2) is 0 Å². The van der Waals surface area contributed by atoms with Crippen molar-refractivity contribution in [1.29, 1.82) is 0 Å². The summed E-state index contributed by atoms with van der Waals surface area (Å²) in [7, 11) is 3.49. The van der Waals surface area contributed by atoms with Crippen molar-refractivity contribution in [2.75, 3.05) is 47.1 Å². The number of ether oxygens (including phenoxy) is 3. The van der Waals surface area contributed by atoms with Crippen LogP contribution < -0.4 is 5.32 Å². The summed E-state index contributed by atoms with van der Waals surface area (Å²) >= 11 is 0. The van der Waals surface area contributed by atoms with E-state index in [9.17, 15) is 0 Å². The second-order valence-corrected chi connectivity index (χ2v) is 4.87. The first-order valence-electron chi connectivity index (χ1n) is 6.59. The van der Waals surface area contributed by atoms with Gasteiger partial charge >= 0.3 is 0 Å². The van der Waals surface area contributed by atoms with Gasteiger partial charge in [-0.3, -0.25) is 0 Å². The van der Waals surface area contributed by atoms with Crippen LogP contribution in [0.5, 0.6) is 0 Å². The second-order valence-electron chi connectivity index (χ2n) is 4.87. The molecule has 1 saturated heterocycles. The molecule has 0 aromatic rings. The SMILES string of the molecule is COCCNCC1CCCOC1C(C)COC. The lowest BCUT2D eigenvalue weighted by molar-refractivity contribution is -0.0706. The molecule has 1 rings (SSSR count). The molecule has 0 aliphatic carbocycles. The average Bonchev–Trinajstić information content (AvgIpc) is 2.35. The second kappa shape index (κ2) is 8.86. The summed E-state index contributed by atoms with van der Waals surface area (Å²) < 4.78 is 16.2. The van der Waals surface area contributed by atoms with Gasteiger partial charge in [0.25, 0.3) is 0 Å². The molecule has 102 valence electrons. The lowest BCUT2D eigenvalue weighted by Gasteiger charge is -2.35. The van der Waals surface area contributed by atoms with Crippen molar-refractivity contribution in [3.05, 3.63) is 0 Å². The van der Waals surface area contributed by atoms with Crippen molar-refractivity contribution < 1.29 is 14.2 Å². The van der Waals surface area contributed by atoms with E-state index in [-0.39, 0.29) is 0 Å². The van der Waals surface area contributed by atoms with Gasteiger partial charge in [-0.1, -0.05) is 6.92 Å². The molecule has 1 aliphatic rings. The maximum Gasteiger partial charge on any atom is 0.0662 e. The zero-order chi connectivity index (χ0) is 12.5. The van der Waals surface area contributed by atoms with E-state index in [1.165, 1.54) is 12.8 Å². The Hall–Kier alpha value is -0.160. The summed E-state index contributed by atoms with van der Waals surface area (Å²) in [5.74, 6) is 1.07. The molecule has 1 fully saturated rings. The molecule has 4 nitrogen and oxygen atoms in total. The van der Waals surface area contributed by atoms with E-state index in [1.54, 1.807) is 14.2 Å². The van der Waals surface area contributed by atoms with E-state index < -0.39 is 0 Å². The quantitative estimate of drug-likeness (QED) is 0.654. The van der Waals surface area contributed by atoms with Crippen molar-refractivity contribution in [3.63, 3.8) is 0 Å². The summed E-state index contributed by atoms with van der Waals surface area (Å²) in [5.41, 5.74) is 0. The number of hydrogen-bond acceptors (Lipinski definition) is 4. The van der Waals surface area contributed by atoms with E-state index in [0.29, 0.717) is 17.9 Å². The van der Waals surface area contributed by atoms with Crippen LogP contribution in [0.4, 0.5) is 0 Å². The third-order valence-electron chi connectivity index (χ3n) is 3.37. The highest BCUT2D eigenvalue weighted by Crippen LogP contribution is 2.26. The fourth-order valence-corrected chi connectivity index (χ4v) is 2.53. The highest BCUT2D eigenvalue weighted by Gasteiger charge is 2.30. The first kappa shape index (κ1) is 14.9. The molecule has 1 heterocycles. The molecule has 0 radical (unpaired) electrons. The van der Waals surface area contributed by atoms with Crippen LogP contribution in [0.25, 0.3) is 0 Å². The summed E-state index contributed by atoms with van der Waals surface area (Å²) in [4.78, 5) is 0. The van der Waals surface area contributed by atoms with Crippen molar-refractivity contribution in [3.8, 4) is 0 Å². The number of rotatable bonds is 8. The highest BCUT2D eigenvalue weighted by atomic mass is 16.5. The first-order chi connectivity index (χ1) is 8.29. The van der Waals surface area contributed by atoms with E-state index in [1.807, 2.05) is 0 Å². The normalized spacial score (nSPS) is 27.0.